The molecular weight excluding hydrogens is 296 g/mol. The van der Waals surface area contributed by atoms with Crippen molar-refractivity contribution < 1.29 is 14.5 Å². The molecule has 2 N–H and O–H groups in total. The molecule has 23 heavy (non-hydrogen) atoms. The number of aliphatic hydroxyl groups is 1. The second kappa shape index (κ2) is 10.2. The summed E-state index contributed by atoms with van der Waals surface area (Å²) < 4.78 is 1.82. The van der Waals surface area contributed by atoms with E-state index in [1.54, 1.807) is 0 Å². The summed E-state index contributed by atoms with van der Waals surface area (Å²) >= 11 is 0. The van der Waals surface area contributed by atoms with E-state index < -0.39 is 0 Å². The lowest BCUT2D eigenvalue weighted by Crippen LogP contribution is -2.42. The van der Waals surface area contributed by atoms with Gasteiger partial charge in [0.25, 0.3) is 5.91 Å². The molecule has 0 bridgehead atoms. The van der Waals surface area contributed by atoms with Crippen molar-refractivity contribution in [3.8, 4) is 0 Å². The number of hydrogen-bond acceptors (Lipinski definition) is 6. The molecule has 2 heterocycles. The van der Waals surface area contributed by atoms with Crippen LogP contribution in [-0.2, 0) is 17.8 Å². The minimum Gasteiger partial charge on any atom is -0.400 e. The third-order valence-electron chi connectivity index (χ3n) is 2.78. The van der Waals surface area contributed by atoms with Crippen LogP contribution in [0.5, 0.6) is 0 Å². The topological polar surface area (TPSA) is 95.1 Å². The molecule has 0 atom stereocenters. The average Bonchev–Trinajstić information content (AvgIpc) is 2.58. The minimum atomic E-state index is -0.0342. The molecule has 0 radical (unpaired) electrons. The number of carbonyl (C=O) groups excluding carboxylic acids is 1. The number of anilines is 1. The molecular formula is C15H23N6O2+. The van der Waals surface area contributed by atoms with E-state index in [1.807, 2.05) is 54.2 Å². The van der Waals surface area contributed by atoms with E-state index in [0.717, 1.165) is 7.11 Å². The number of aliphatic hydroxyl groups excluding tert-OH is 1. The predicted octanol–water partition coefficient (Wildman–Crippen LogP) is -0.807. The van der Waals surface area contributed by atoms with Gasteiger partial charge >= 0.3 is 0 Å². The molecule has 0 fully saturated rings. The number of pyridine rings is 1. The molecule has 1 amide bonds. The Labute approximate surface area is 135 Å². The van der Waals surface area contributed by atoms with E-state index in [0.29, 0.717) is 31.3 Å². The summed E-state index contributed by atoms with van der Waals surface area (Å²) in [5, 5.41) is 9.85. The first-order chi connectivity index (χ1) is 11.1. The van der Waals surface area contributed by atoms with Crippen LogP contribution in [0.2, 0.25) is 0 Å². The first-order valence-electron chi connectivity index (χ1n) is 7.16. The number of rotatable bonds is 6. The van der Waals surface area contributed by atoms with Crippen LogP contribution in [0, 0.1) is 0 Å². The van der Waals surface area contributed by atoms with Crippen LogP contribution in [0.3, 0.4) is 0 Å². The summed E-state index contributed by atoms with van der Waals surface area (Å²) in [6.07, 6.45) is 5.78. The maximum Gasteiger partial charge on any atom is 0.286 e. The lowest BCUT2D eigenvalue weighted by atomic mass is 10.4. The van der Waals surface area contributed by atoms with Crippen molar-refractivity contribution in [2.45, 2.75) is 13.0 Å². The van der Waals surface area contributed by atoms with E-state index in [1.165, 1.54) is 6.33 Å². The zero-order valence-corrected chi connectivity index (χ0v) is 13.7. The van der Waals surface area contributed by atoms with E-state index in [4.69, 9.17) is 5.11 Å². The van der Waals surface area contributed by atoms with E-state index in [-0.39, 0.29) is 5.91 Å². The van der Waals surface area contributed by atoms with E-state index >= 15 is 0 Å². The van der Waals surface area contributed by atoms with Gasteiger partial charge in [0.2, 0.25) is 12.5 Å². The van der Waals surface area contributed by atoms with Gasteiger partial charge in [-0.2, -0.15) is 9.55 Å². The summed E-state index contributed by atoms with van der Waals surface area (Å²) in [7, 11) is 4.75. The molecule has 0 saturated carbocycles. The Bertz CT molecular complexity index is 592. The van der Waals surface area contributed by atoms with Crippen molar-refractivity contribution in [3.63, 3.8) is 0 Å². The average molecular weight is 319 g/mol. The Hall–Kier alpha value is -2.61. The Kier molecular flexibility index (Phi) is 8.16. The molecule has 0 unspecified atom stereocenters. The highest BCUT2D eigenvalue weighted by Gasteiger charge is 2.08. The molecule has 2 rings (SSSR count). The van der Waals surface area contributed by atoms with Crippen molar-refractivity contribution in [1.82, 2.24) is 20.3 Å². The standard InChI is InChI=1S/C14H18N6O.CH4O/c1-19(2)14-17-11-16-12(18-14)6-7-15-13(21)10-20-8-4-3-5-9-20;1-2/h3-5,8-9,11H,6-7,10H2,1-2H3;2H,1H3/p+1. The maximum absolute atomic E-state index is 11.8. The van der Waals surface area contributed by atoms with Gasteiger partial charge < -0.3 is 15.3 Å². The molecule has 0 aliphatic heterocycles. The molecule has 2 aromatic rings. The highest BCUT2D eigenvalue weighted by Crippen LogP contribution is 2.00. The van der Waals surface area contributed by atoms with Crippen LogP contribution in [0.1, 0.15) is 5.82 Å². The molecule has 124 valence electrons. The monoisotopic (exact) mass is 319 g/mol. The molecule has 0 aromatic carbocycles. The maximum atomic E-state index is 11.8. The fourth-order valence-corrected chi connectivity index (χ4v) is 1.73. The van der Waals surface area contributed by atoms with Gasteiger partial charge in [-0.3, -0.25) is 4.79 Å². The van der Waals surface area contributed by atoms with Crippen molar-refractivity contribution >= 4 is 11.9 Å². The largest absolute Gasteiger partial charge is 0.400 e. The number of carbonyl (C=O) groups is 1. The van der Waals surface area contributed by atoms with Crippen LogP contribution in [-0.4, -0.2) is 53.7 Å². The molecule has 8 nitrogen and oxygen atoms in total. The van der Waals surface area contributed by atoms with Crippen molar-refractivity contribution in [2.24, 2.45) is 0 Å². The van der Waals surface area contributed by atoms with Crippen LogP contribution >= 0.6 is 0 Å². The summed E-state index contributed by atoms with van der Waals surface area (Å²) in [5.41, 5.74) is 0. The SMILES string of the molecule is CN(C)c1ncnc(CCNC(=O)C[n+]2ccccc2)n1.CO. The Balaban J connectivity index is 0.00000127. The predicted molar refractivity (Wildman–Crippen MR) is 85.6 cm³/mol. The van der Waals surface area contributed by atoms with Gasteiger partial charge in [0.15, 0.2) is 12.4 Å². The number of hydrogen-bond donors (Lipinski definition) is 2. The summed E-state index contributed by atoms with van der Waals surface area (Å²) in [6, 6.07) is 5.69. The van der Waals surface area contributed by atoms with Crippen LogP contribution in [0.15, 0.2) is 36.9 Å². The molecule has 2 aromatic heterocycles. The van der Waals surface area contributed by atoms with Gasteiger partial charge in [-0.1, -0.05) is 6.07 Å². The lowest BCUT2D eigenvalue weighted by Gasteiger charge is -2.10. The van der Waals surface area contributed by atoms with Crippen LogP contribution in [0.4, 0.5) is 5.95 Å². The van der Waals surface area contributed by atoms with Crippen molar-refractivity contribution in [1.29, 1.82) is 0 Å². The van der Waals surface area contributed by atoms with Crippen molar-refractivity contribution in [3.05, 3.63) is 42.7 Å². The number of aromatic nitrogens is 4. The Morgan fingerprint density at radius 2 is 1.91 bits per heavy atom. The van der Waals surface area contributed by atoms with E-state index in [9.17, 15) is 4.79 Å². The second-order valence-electron chi connectivity index (χ2n) is 4.74. The molecule has 0 aliphatic rings. The fourth-order valence-electron chi connectivity index (χ4n) is 1.73. The third kappa shape index (κ3) is 6.79. The van der Waals surface area contributed by atoms with E-state index in [2.05, 4.69) is 20.3 Å². The highest BCUT2D eigenvalue weighted by molar-refractivity contribution is 5.74. The number of amides is 1. The molecule has 0 spiro atoms. The van der Waals surface area contributed by atoms with Crippen LogP contribution in [0.25, 0.3) is 0 Å². The Morgan fingerprint density at radius 3 is 2.57 bits per heavy atom. The molecule has 0 saturated heterocycles. The van der Waals surface area contributed by atoms with Gasteiger partial charge in [0, 0.05) is 46.3 Å². The lowest BCUT2D eigenvalue weighted by molar-refractivity contribution is -0.684. The van der Waals surface area contributed by atoms with Gasteiger partial charge in [-0.25, -0.2) is 9.97 Å². The smallest absolute Gasteiger partial charge is 0.286 e. The summed E-state index contributed by atoms with van der Waals surface area (Å²) in [5.74, 6) is 1.25. The minimum absolute atomic E-state index is 0.0342. The third-order valence-corrected chi connectivity index (χ3v) is 2.78. The van der Waals surface area contributed by atoms with Crippen molar-refractivity contribution in [2.75, 3.05) is 32.6 Å². The first-order valence-corrected chi connectivity index (χ1v) is 7.16. The van der Waals surface area contributed by atoms with Gasteiger partial charge in [0.1, 0.15) is 12.2 Å². The Morgan fingerprint density at radius 1 is 1.22 bits per heavy atom. The normalized spacial score (nSPS) is 9.57. The summed E-state index contributed by atoms with van der Waals surface area (Å²) in [6.45, 7) is 0.810. The van der Waals surface area contributed by atoms with Gasteiger partial charge in [-0.05, 0) is 0 Å². The quantitative estimate of drug-likeness (QED) is 0.677. The number of nitrogens with zero attached hydrogens (tertiary/aromatic N) is 5. The zero-order valence-electron chi connectivity index (χ0n) is 13.7. The van der Waals surface area contributed by atoms with Gasteiger partial charge in [0.05, 0.1) is 0 Å². The second-order valence-corrected chi connectivity index (χ2v) is 4.74. The first kappa shape index (κ1) is 18.4. The van der Waals surface area contributed by atoms with Crippen LogP contribution < -0.4 is 14.8 Å². The highest BCUT2D eigenvalue weighted by atomic mass is 16.2. The zero-order chi connectivity index (χ0) is 17.1. The molecule has 8 heteroatoms. The summed E-state index contributed by atoms with van der Waals surface area (Å²) in [4.78, 5) is 26.0. The molecule has 0 aliphatic carbocycles. The fraction of sp³-hybridized carbons (Fsp3) is 0.400. The number of nitrogens with one attached hydrogen (secondary N) is 1. The van der Waals surface area contributed by atoms with Gasteiger partial charge in [-0.15, -0.1) is 0 Å².